The highest BCUT2D eigenvalue weighted by molar-refractivity contribution is 6.20. The molecule has 0 radical (unpaired) electrons. The van der Waals surface area contributed by atoms with Gasteiger partial charge in [0.15, 0.2) is 11.5 Å². The molecule has 0 amide bonds. The molecule has 0 bridgehead atoms. The van der Waals surface area contributed by atoms with Crippen LogP contribution in [0.4, 0.5) is 0 Å². The summed E-state index contributed by atoms with van der Waals surface area (Å²) in [7, 11) is 1.64. The minimum Gasteiger partial charge on any atom is -0.493 e. The predicted octanol–water partition coefficient (Wildman–Crippen LogP) is 3.07. The second-order valence-corrected chi connectivity index (χ2v) is 4.71. The average molecular weight is 272 g/mol. The van der Waals surface area contributed by atoms with Gasteiger partial charge in [0, 0.05) is 18.5 Å². The Morgan fingerprint density at radius 3 is 2.67 bits per heavy atom. The summed E-state index contributed by atoms with van der Waals surface area (Å²) in [4.78, 5) is 0. The summed E-state index contributed by atoms with van der Waals surface area (Å²) < 4.78 is 10.8. The highest BCUT2D eigenvalue weighted by atomic mass is 35.5. The fraction of sp³-hybridized carbons (Fsp3) is 0.571. The van der Waals surface area contributed by atoms with Gasteiger partial charge in [-0.25, -0.2) is 0 Å². The molecule has 0 aliphatic heterocycles. The molecule has 1 atom stereocenters. The summed E-state index contributed by atoms with van der Waals surface area (Å²) in [5, 5.41) is 3.49. The second kappa shape index (κ2) is 9.06. The van der Waals surface area contributed by atoms with E-state index in [1.807, 2.05) is 24.3 Å². The lowest BCUT2D eigenvalue weighted by molar-refractivity contribution is 0.292. The molecular weight excluding hydrogens is 250 g/mol. The maximum absolute atomic E-state index is 6.10. The second-order valence-electron chi connectivity index (χ2n) is 4.09. The Balaban J connectivity index is 2.17. The van der Waals surface area contributed by atoms with Gasteiger partial charge in [-0.1, -0.05) is 25.5 Å². The number of ether oxygens (including phenoxy) is 2. The minimum absolute atomic E-state index is 0.210. The van der Waals surface area contributed by atoms with E-state index >= 15 is 0 Å². The van der Waals surface area contributed by atoms with Gasteiger partial charge in [0.25, 0.3) is 0 Å². The van der Waals surface area contributed by atoms with Crippen molar-refractivity contribution < 1.29 is 9.47 Å². The largest absolute Gasteiger partial charge is 0.493 e. The predicted molar refractivity (Wildman–Crippen MR) is 75.9 cm³/mol. The molecule has 0 spiro atoms. The van der Waals surface area contributed by atoms with Crippen molar-refractivity contribution in [3.05, 3.63) is 24.3 Å². The molecule has 0 saturated carbocycles. The van der Waals surface area contributed by atoms with E-state index in [0.29, 0.717) is 6.61 Å². The van der Waals surface area contributed by atoms with E-state index in [0.717, 1.165) is 37.4 Å². The lowest BCUT2D eigenvalue weighted by Crippen LogP contribution is -2.27. The molecule has 1 rings (SSSR count). The van der Waals surface area contributed by atoms with Crippen molar-refractivity contribution in [2.75, 3.05) is 26.8 Å². The van der Waals surface area contributed by atoms with Crippen molar-refractivity contribution in [2.24, 2.45) is 0 Å². The summed E-state index contributed by atoms with van der Waals surface area (Å²) in [6, 6.07) is 7.65. The van der Waals surface area contributed by atoms with Crippen molar-refractivity contribution >= 4 is 11.6 Å². The number of para-hydroxylation sites is 2. The van der Waals surface area contributed by atoms with Gasteiger partial charge >= 0.3 is 0 Å². The summed E-state index contributed by atoms with van der Waals surface area (Å²) in [5.74, 6) is 1.54. The zero-order valence-corrected chi connectivity index (χ0v) is 11.9. The summed E-state index contributed by atoms with van der Waals surface area (Å²) in [5.41, 5.74) is 0. The van der Waals surface area contributed by atoms with Gasteiger partial charge in [-0.3, -0.25) is 0 Å². The number of rotatable bonds is 9. The Morgan fingerprint density at radius 1 is 1.28 bits per heavy atom. The summed E-state index contributed by atoms with van der Waals surface area (Å²) in [6.45, 7) is 4.35. The van der Waals surface area contributed by atoms with Crippen molar-refractivity contribution in [2.45, 2.75) is 25.1 Å². The Morgan fingerprint density at radius 2 is 2.00 bits per heavy atom. The lowest BCUT2D eigenvalue weighted by Gasteiger charge is -2.12. The highest BCUT2D eigenvalue weighted by Crippen LogP contribution is 2.25. The third-order valence-electron chi connectivity index (χ3n) is 2.57. The first-order valence-corrected chi connectivity index (χ1v) is 6.82. The van der Waals surface area contributed by atoms with E-state index in [9.17, 15) is 0 Å². The number of halogens is 1. The molecule has 0 heterocycles. The Bertz CT molecular complexity index is 333. The molecule has 0 fully saturated rings. The minimum atomic E-state index is 0.210. The third-order valence-corrected chi connectivity index (χ3v) is 2.95. The molecule has 1 N–H and O–H groups in total. The zero-order valence-electron chi connectivity index (χ0n) is 11.1. The first kappa shape index (κ1) is 15.1. The van der Waals surface area contributed by atoms with Gasteiger partial charge in [0.05, 0.1) is 7.11 Å². The van der Waals surface area contributed by atoms with Crippen LogP contribution < -0.4 is 14.8 Å². The van der Waals surface area contributed by atoms with Crippen molar-refractivity contribution in [3.63, 3.8) is 0 Å². The van der Waals surface area contributed by atoms with Crippen LogP contribution >= 0.6 is 11.6 Å². The number of nitrogens with one attached hydrogen (secondary N) is 1. The van der Waals surface area contributed by atoms with Crippen LogP contribution in [0, 0.1) is 0 Å². The zero-order chi connectivity index (χ0) is 13.2. The van der Waals surface area contributed by atoms with Crippen molar-refractivity contribution in [1.82, 2.24) is 5.32 Å². The lowest BCUT2D eigenvalue weighted by atomic mass is 10.2. The van der Waals surface area contributed by atoms with E-state index in [2.05, 4.69) is 12.2 Å². The standard InChI is InChI=1S/C14H22ClNO2/c1-3-6-12(15)11-16-9-10-18-14-8-5-4-7-13(14)17-2/h4-5,7-8,12,16H,3,6,9-11H2,1-2H3. The van der Waals surface area contributed by atoms with Crippen LogP contribution in [0.15, 0.2) is 24.3 Å². The van der Waals surface area contributed by atoms with Gasteiger partial charge in [-0.15, -0.1) is 11.6 Å². The highest BCUT2D eigenvalue weighted by Gasteiger charge is 2.03. The van der Waals surface area contributed by atoms with Crippen LogP contribution in [0.25, 0.3) is 0 Å². The first-order valence-electron chi connectivity index (χ1n) is 6.38. The molecule has 3 nitrogen and oxygen atoms in total. The summed E-state index contributed by atoms with van der Waals surface area (Å²) >= 11 is 6.10. The van der Waals surface area contributed by atoms with Crippen molar-refractivity contribution in [3.8, 4) is 11.5 Å². The fourth-order valence-corrected chi connectivity index (χ4v) is 1.97. The number of methoxy groups -OCH3 is 1. The average Bonchev–Trinajstić information content (AvgIpc) is 2.39. The van der Waals surface area contributed by atoms with Gasteiger partial charge < -0.3 is 14.8 Å². The van der Waals surface area contributed by atoms with E-state index in [4.69, 9.17) is 21.1 Å². The molecule has 0 aromatic heterocycles. The van der Waals surface area contributed by atoms with Crippen LogP contribution in [0.3, 0.4) is 0 Å². The molecule has 18 heavy (non-hydrogen) atoms. The maximum atomic E-state index is 6.10. The molecule has 1 aromatic rings. The first-order chi connectivity index (χ1) is 8.77. The topological polar surface area (TPSA) is 30.5 Å². The molecule has 0 aliphatic rings. The third kappa shape index (κ3) is 5.61. The molecule has 0 aliphatic carbocycles. The van der Waals surface area contributed by atoms with Crippen LogP contribution in [-0.4, -0.2) is 32.2 Å². The Hall–Kier alpha value is -0.930. The van der Waals surface area contributed by atoms with E-state index < -0.39 is 0 Å². The van der Waals surface area contributed by atoms with Crippen LogP contribution in [-0.2, 0) is 0 Å². The molecule has 1 unspecified atom stereocenters. The smallest absolute Gasteiger partial charge is 0.161 e. The Kier molecular flexibility index (Phi) is 7.62. The number of hydrogen-bond acceptors (Lipinski definition) is 3. The van der Waals surface area contributed by atoms with Gasteiger partial charge in [-0.05, 0) is 18.6 Å². The van der Waals surface area contributed by atoms with E-state index in [-0.39, 0.29) is 5.38 Å². The maximum Gasteiger partial charge on any atom is 0.161 e. The van der Waals surface area contributed by atoms with Gasteiger partial charge in [0.2, 0.25) is 0 Å². The molecule has 102 valence electrons. The van der Waals surface area contributed by atoms with Crippen LogP contribution in [0.2, 0.25) is 0 Å². The van der Waals surface area contributed by atoms with E-state index in [1.54, 1.807) is 7.11 Å². The number of hydrogen-bond donors (Lipinski definition) is 1. The molecule has 1 aromatic carbocycles. The normalized spacial score (nSPS) is 12.2. The monoisotopic (exact) mass is 271 g/mol. The van der Waals surface area contributed by atoms with Crippen molar-refractivity contribution in [1.29, 1.82) is 0 Å². The molecule has 4 heteroatoms. The summed E-state index contributed by atoms with van der Waals surface area (Å²) in [6.07, 6.45) is 2.16. The quantitative estimate of drug-likeness (QED) is 0.553. The Labute approximate surface area is 114 Å². The van der Waals surface area contributed by atoms with Crippen LogP contribution in [0.5, 0.6) is 11.5 Å². The molecular formula is C14H22ClNO2. The van der Waals surface area contributed by atoms with Gasteiger partial charge in [0.1, 0.15) is 6.61 Å². The van der Waals surface area contributed by atoms with Gasteiger partial charge in [-0.2, -0.15) is 0 Å². The number of benzene rings is 1. The SMILES string of the molecule is CCCC(Cl)CNCCOc1ccccc1OC. The molecule has 0 saturated heterocycles. The van der Waals surface area contributed by atoms with E-state index in [1.165, 1.54) is 0 Å². The number of alkyl halides is 1. The van der Waals surface area contributed by atoms with Crippen LogP contribution in [0.1, 0.15) is 19.8 Å². The fourth-order valence-electron chi connectivity index (χ4n) is 1.65.